The molecule has 0 amide bonds. The van der Waals surface area contributed by atoms with Crippen LogP contribution in [-0.2, 0) is 19.1 Å². The molecule has 0 aliphatic rings. The second kappa shape index (κ2) is 8.55. The van der Waals surface area contributed by atoms with Crippen LogP contribution in [0.15, 0.2) is 42.6 Å². The molecule has 4 nitrogen and oxygen atoms in total. The molecule has 0 saturated heterocycles. The number of hydrogen-bond donors (Lipinski definition) is 2. The molecule has 28 heavy (non-hydrogen) atoms. The lowest BCUT2D eigenvalue weighted by atomic mass is 10.00. The standard InChI is InChI=1S/C19H20ClF3N4S/c1-2-27-16(7-8-25-27)14-10-17(28-18(14)20)26-13(11-24)9-12-5-3-4-6-15(12)19(21,22)23/h3-8,10,13,26H,2,9,11,24H2,1H3/t13-/m0/s1. The van der Waals surface area contributed by atoms with Gasteiger partial charge in [-0.25, -0.2) is 0 Å². The molecule has 0 aliphatic carbocycles. The van der Waals surface area contributed by atoms with Crippen molar-refractivity contribution in [2.24, 2.45) is 5.73 Å². The number of aryl methyl sites for hydroxylation is 1. The van der Waals surface area contributed by atoms with E-state index in [9.17, 15) is 13.2 Å². The van der Waals surface area contributed by atoms with Crippen LogP contribution in [0.4, 0.5) is 18.2 Å². The number of rotatable bonds is 7. The van der Waals surface area contributed by atoms with Crippen LogP contribution in [-0.4, -0.2) is 22.4 Å². The molecule has 0 unspecified atom stereocenters. The van der Waals surface area contributed by atoms with Crippen molar-refractivity contribution in [3.05, 3.63) is 58.1 Å². The van der Waals surface area contributed by atoms with Crippen LogP contribution < -0.4 is 11.1 Å². The van der Waals surface area contributed by atoms with Gasteiger partial charge in [-0.3, -0.25) is 4.68 Å². The van der Waals surface area contributed by atoms with Crippen LogP contribution in [0.1, 0.15) is 18.1 Å². The van der Waals surface area contributed by atoms with E-state index in [1.807, 2.05) is 23.7 Å². The van der Waals surface area contributed by atoms with Gasteiger partial charge < -0.3 is 11.1 Å². The first kappa shape index (κ1) is 20.7. The maximum absolute atomic E-state index is 13.2. The van der Waals surface area contributed by atoms with Gasteiger partial charge in [0, 0.05) is 30.9 Å². The van der Waals surface area contributed by atoms with Gasteiger partial charge in [-0.15, -0.1) is 11.3 Å². The van der Waals surface area contributed by atoms with Crippen LogP contribution in [0.2, 0.25) is 4.34 Å². The molecule has 0 saturated carbocycles. The summed E-state index contributed by atoms with van der Waals surface area (Å²) in [5.41, 5.74) is 7.13. The van der Waals surface area contributed by atoms with Gasteiger partial charge in [0.15, 0.2) is 0 Å². The average Bonchev–Trinajstić information content (AvgIpc) is 3.26. The Morgan fingerprint density at radius 1 is 1.29 bits per heavy atom. The quantitative estimate of drug-likeness (QED) is 0.538. The van der Waals surface area contributed by atoms with Crippen molar-refractivity contribution in [1.82, 2.24) is 9.78 Å². The molecule has 0 spiro atoms. The topological polar surface area (TPSA) is 55.9 Å². The van der Waals surface area contributed by atoms with Crippen molar-refractivity contribution in [3.63, 3.8) is 0 Å². The molecule has 2 heterocycles. The third-order valence-corrected chi connectivity index (χ3v) is 5.69. The molecule has 1 atom stereocenters. The molecule has 0 fully saturated rings. The lowest BCUT2D eigenvalue weighted by molar-refractivity contribution is -0.138. The van der Waals surface area contributed by atoms with E-state index in [4.69, 9.17) is 17.3 Å². The van der Waals surface area contributed by atoms with E-state index in [-0.39, 0.29) is 24.6 Å². The van der Waals surface area contributed by atoms with Crippen LogP contribution in [0.5, 0.6) is 0 Å². The van der Waals surface area contributed by atoms with Crippen molar-refractivity contribution in [2.45, 2.75) is 32.1 Å². The second-order valence-corrected chi connectivity index (χ2v) is 7.92. The number of nitrogens with zero attached hydrogens (tertiary/aromatic N) is 2. The minimum absolute atomic E-state index is 0.157. The van der Waals surface area contributed by atoms with E-state index in [1.54, 1.807) is 12.3 Å². The SMILES string of the molecule is CCn1nccc1-c1cc(N[C@H](CN)Cc2ccccc2C(F)(F)F)sc1Cl. The Morgan fingerprint density at radius 3 is 2.71 bits per heavy atom. The molecular formula is C19H20ClF3N4S. The van der Waals surface area contributed by atoms with Crippen molar-refractivity contribution in [1.29, 1.82) is 0 Å². The number of halogens is 4. The molecule has 3 N–H and O–H groups in total. The highest BCUT2D eigenvalue weighted by molar-refractivity contribution is 7.20. The third-order valence-electron chi connectivity index (χ3n) is 4.40. The normalized spacial score (nSPS) is 12.9. The second-order valence-electron chi connectivity index (χ2n) is 6.27. The van der Waals surface area contributed by atoms with E-state index in [2.05, 4.69) is 10.4 Å². The number of aromatic nitrogens is 2. The Balaban J connectivity index is 1.81. The number of hydrogen-bond acceptors (Lipinski definition) is 4. The first-order chi connectivity index (χ1) is 13.3. The molecule has 0 radical (unpaired) electrons. The fraction of sp³-hybridized carbons (Fsp3) is 0.316. The molecule has 2 aromatic heterocycles. The number of benzene rings is 1. The van der Waals surface area contributed by atoms with Crippen LogP contribution >= 0.6 is 22.9 Å². The van der Waals surface area contributed by atoms with Gasteiger partial charge in [-0.05, 0) is 37.1 Å². The van der Waals surface area contributed by atoms with E-state index in [0.717, 1.165) is 22.3 Å². The van der Waals surface area contributed by atoms with Crippen molar-refractivity contribution < 1.29 is 13.2 Å². The molecule has 3 rings (SSSR count). The van der Waals surface area contributed by atoms with Gasteiger partial charge in [0.1, 0.15) is 4.34 Å². The van der Waals surface area contributed by atoms with Gasteiger partial charge in [0.25, 0.3) is 0 Å². The van der Waals surface area contributed by atoms with Gasteiger partial charge >= 0.3 is 6.18 Å². The fourth-order valence-electron chi connectivity index (χ4n) is 3.06. The van der Waals surface area contributed by atoms with Gasteiger partial charge in [0.05, 0.1) is 16.3 Å². The summed E-state index contributed by atoms with van der Waals surface area (Å²) in [5, 5.41) is 8.22. The molecule has 0 bridgehead atoms. The molecule has 150 valence electrons. The lowest BCUT2D eigenvalue weighted by Crippen LogP contribution is -2.31. The summed E-state index contributed by atoms with van der Waals surface area (Å²) in [6, 6.07) is 8.97. The van der Waals surface area contributed by atoms with Gasteiger partial charge in [-0.1, -0.05) is 29.8 Å². The predicted molar refractivity (Wildman–Crippen MR) is 108 cm³/mol. The minimum atomic E-state index is -4.40. The summed E-state index contributed by atoms with van der Waals surface area (Å²) in [5.74, 6) is 0. The van der Waals surface area contributed by atoms with E-state index in [1.165, 1.54) is 23.5 Å². The highest BCUT2D eigenvalue weighted by atomic mass is 35.5. The van der Waals surface area contributed by atoms with E-state index >= 15 is 0 Å². The largest absolute Gasteiger partial charge is 0.416 e. The zero-order valence-electron chi connectivity index (χ0n) is 15.1. The summed E-state index contributed by atoms with van der Waals surface area (Å²) in [4.78, 5) is 0. The Hall–Kier alpha value is -2.03. The number of nitrogens with two attached hydrogens (primary N) is 1. The third kappa shape index (κ3) is 4.51. The number of anilines is 1. The Morgan fingerprint density at radius 2 is 2.04 bits per heavy atom. The van der Waals surface area contributed by atoms with Gasteiger partial charge in [-0.2, -0.15) is 18.3 Å². The Labute approximate surface area is 170 Å². The van der Waals surface area contributed by atoms with Crippen LogP contribution in [0.25, 0.3) is 11.3 Å². The van der Waals surface area contributed by atoms with Crippen LogP contribution in [0.3, 0.4) is 0 Å². The van der Waals surface area contributed by atoms with E-state index in [0.29, 0.717) is 10.9 Å². The summed E-state index contributed by atoms with van der Waals surface area (Å²) in [6.07, 6.45) is -2.53. The van der Waals surface area contributed by atoms with Gasteiger partial charge in [0.2, 0.25) is 0 Å². The Bertz CT molecular complexity index is 935. The smallest absolute Gasteiger partial charge is 0.373 e. The molecular weight excluding hydrogens is 409 g/mol. The first-order valence-electron chi connectivity index (χ1n) is 8.76. The highest BCUT2D eigenvalue weighted by Crippen LogP contribution is 2.39. The predicted octanol–water partition coefficient (Wildman–Crippen LogP) is 5.29. The summed E-state index contributed by atoms with van der Waals surface area (Å²) in [7, 11) is 0. The van der Waals surface area contributed by atoms with E-state index < -0.39 is 11.7 Å². The average molecular weight is 429 g/mol. The first-order valence-corrected chi connectivity index (χ1v) is 9.96. The number of alkyl halides is 3. The summed E-state index contributed by atoms with van der Waals surface area (Å²) in [6.45, 7) is 2.87. The summed E-state index contributed by atoms with van der Waals surface area (Å²) < 4.78 is 42.1. The monoisotopic (exact) mass is 428 g/mol. The Kier molecular flexibility index (Phi) is 6.32. The maximum Gasteiger partial charge on any atom is 0.416 e. The molecule has 0 aliphatic heterocycles. The lowest BCUT2D eigenvalue weighted by Gasteiger charge is -2.19. The molecule has 9 heteroatoms. The van der Waals surface area contributed by atoms with Crippen molar-refractivity contribution in [3.8, 4) is 11.3 Å². The van der Waals surface area contributed by atoms with Crippen molar-refractivity contribution >= 4 is 27.9 Å². The highest BCUT2D eigenvalue weighted by Gasteiger charge is 2.33. The zero-order chi connectivity index (χ0) is 20.3. The fourth-order valence-corrected chi connectivity index (χ4v) is 4.33. The number of thiophene rings is 1. The minimum Gasteiger partial charge on any atom is -0.373 e. The van der Waals surface area contributed by atoms with Crippen molar-refractivity contribution in [2.75, 3.05) is 11.9 Å². The summed E-state index contributed by atoms with van der Waals surface area (Å²) >= 11 is 7.73. The number of nitrogens with one attached hydrogen (secondary N) is 1. The van der Waals surface area contributed by atoms with Crippen LogP contribution in [0, 0.1) is 0 Å². The maximum atomic E-state index is 13.2. The molecule has 1 aromatic carbocycles. The zero-order valence-corrected chi connectivity index (χ0v) is 16.7. The molecule has 3 aromatic rings.